The number of piperidine rings is 1. The van der Waals surface area contributed by atoms with Gasteiger partial charge in [0.2, 0.25) is 0 Å². The fraction of sp³-hybridized carbons (Fsp3) is 0.333. The Morgan fingerprint density at radius 2 is 1.95 bits per heavy atom. The maximum Gasteiger partial charge on any atom is 0.343 e. The summed E-state index contributed by atoms with van der Waals surface area (Å²) in [5.74, 6) is -0.332. The first-order valence-corrected chi connectivity index (χ1v) is 6.95. The second-order valence-electron chi connectivity index (χ2n) is 5.21. The Hall–Kier alpha value is -2.34. The van der Waals surface area contributed by atoms with Crippen molar-refractivity contribution in [1.82, 2.24) is 5.16 Å². The zero-order valence-corrected chi connectivity index (χ0v) is 11.5. The molecular formula is C15H17N3O3. The zero-order chi connectivity index (χ0) is 14.8. The number of hydrogen-bond donors (Lipinski definition) is 2. The predicted molar refractivity (Wildman–Crippen MR) is 78.3 cm³/mol. The van der Waals surface area contributed by atoms with Crippen LogP contribution in [0.2, 0.25) is 0 Å². The summed E-state index contributed by atoms with van der Waals surface area (Å²) in [6.45, 7) is 1.39. The number of carboxylic acids is 1. The number of carbonyl (C=O) groups is 1. The van der Waals surface area contributed by atoms with Crippen LogP contribution in [0.3, 0.4) is 0 Å². The highest BCUT2D eigenvalue weighted by Gasteiger charge is 2.29. The lowest BCUT2D eigenvalue weighted by Crippen LogP contribution is -2.40. The van der Waals surface area contributed by atoms with Crippen LogP contribution in [0.1, 0.15) is 23.2 Å². The van der Waals surface area contributed by atoms with Gasteiger partial charge in [0, 0.05) is 24.7 Å². The number of aromatic carboxylic acids is 1. The Morgan fingerprint density at radius 1 is 1.29 bits per heavy atom. The summed E-state index contributed by atoms with van der Waals surface area (Å²) >= 11 is 0. The molecule has 0 atom stereocenters. The lowest BCUT2D eigenvalue weighted by atomic mass is 10.0. The van der Waals surface area contributed by atoms with Gasteiger partial charge in [-0.05, 0) is 12.8 Å². The summed E-state index contributed by atoms with van der Waals surface area (Å²) in [5.41, 5.74) is 6.71. The second-order valence-corrected chi connectivity index (χ2v) is 5.21. The smallest absolute Gasteiger partial charge is 0.343 e. The van der Waals surface area contributed by atoms with E-state index in [4.69, 9.17) is 10.3 Å². The maximum atomic E-state index is 11.6. The molecular weight excluding hydrogens is 270 g/mol. The van der Waals surface area contributed by atoms with Crippen molar-refractivity contribution in [3.8, 4) is 11.3 Å². The lowest BCUT2D eigenvalue weighted by Gasteiger charge is -2.30. The topological polar surface area (TPSA) is 92.6 Å². The van der Waals surface area contributed by atoms with E-state index in [9.17, 15) is 9.90 Å². The minimum absolute atomic E-state index is 0.122. The van der Waals surface area contributed by atoms with Crippen LogP contribution in [-0.2, 0) is 0 Å². The van der Waals surface area contributed by atoms with Crippen LogP contribution in [0.4, 0.5) is 5.82 Å². The molecule has 0 radical (unpaired) electrons. The Kier molecular flexibility index (Phi) is 3.62. The van der Waals surface area contributed by atoms with Gasteiger partial charge in [0.1, 0.15) is 0 Å². The number of benzene rings is 1. The van der Waals surface area contributed by atoms with Gasteiger partial charge >= 0.3 is 5.97 Å². The highest BCUT2D eigenvalue weighted by atomic mass is 16.5. The molecule has 1 fully saturated rings. The van der Waals surface area contributed by atoms with E-state index in [1.807, 2.05) is 35.2 Å². The standard InChI is InChI=1S/C15H17N3O3/c16-11-6-8-18(9-7-11)14-12(15(19)20)13(21-17-14)10-4-2-1-3-5-10/h1-5,11H,6-9,16H2,(H,19,20). The highest BCUT2D eigenvalue weighted by Crippen LogP contribution is 2.32. The number of anilines is 1. The molecule has 6 heteroatoms. The van der Waals surface area contributed by atoms with Crippen LogP contribution in [0.25, 0.3) is 11.3 Å². The molecule has 3 N–H and O–H groups in total. The number of carboxylic acid groups (broad SMARTS) is 1. The molecule has 2 aromatic rings. The second kappa shape index (κ2) is 5.57. The largest absolute Gasteiger partial charge is 0.477 e. The predicted octanol–water partition coefficient (Wildman–Crippen LogP) is 1.97. The van der Waals surface area contributed by atoms with Crippen molar-refractivity contribution in [1.29, 1.82) is 0 Å². The first-order valence-electron chi connectivity index (χ1n) is 6.95. The third kappa shape index (κ3) is 2.62. The fourth-order valence-electron chi connectivity index (χ4n) is 2.59. The Balaban J connectivity index is 1.99. The van der Waals surface area contributed by atoms with Crippen LogP contribution in [0.5, 0.6) is 0 Å². The number of hydrogen-bond acceptors (Lipinski definition) is 5. The summed E-state index contributed by atoms with van der Waals surface area (Å²) in [4.78, 5) is 13.6. The monoisotopic (exact) mass is 287 g/mol. The Labute approximate surface area is 122 Å². The van der Waals surface area contributed by atoms with Crippen LogP contribution in [0.15, 0.2) is 34.9 Å². The van der Waals surface area contributed by atoms with E-state index in [2.05, 4.69) is 5.16 Å². The van der Waals surface area contributed by atoms with Gasteiger partial charge in [-0.1, -0.05) is 35.5 Å². The van der Waals surface area contributed by atoms with E-state index in [0.717, 1.165) is 12.8 Å². The van der Waals surface area contributed by atoms with Crippen LogP contribution < -0.4 is 10.6 Å². The minimum Gasteiger partial charge on any atom is -0.477 e. The zero-order valence-electron chi connectivity index (χ0n) is 11.5. The van der Waals surface area contributed by atoms with Gasteiger partial charge in [0.05, 0.1) is 0 Å². The van der Waals surface area contributed by atoms with Crippen molar-refractivity contribution in [2.24, 2.45) is 5.73 Å². The molecule has 0 unspecified atom stereocenters. The van der Waals surface area contributed by atoms with E-state index in [0.29, 0.717) is 30.2 Å². The quantitative estimate of drug-likeness (QED) is 0.896. The summed E-state index contributed by atoms with van der Waals surface area (Å²) in [7, 11) is 0. The van der Waals surface area contributed by atoms with E-state index < -0.39 is 5.97 Å². The van der Waals surface area contributed by atoms with Crippen molar-refractivity contribution in [2.45, 2.75) is 18.9 Å². The molecule has 0 aliphatic carbocycles. The number of nitrogens with zero attached hydrogens (tertiary/aromatic N) is 2. The van der Waals surface area contributed by atoms with Crippen LogP contribution in [0, 0.1) is 0 Å². The van der Waals surface area contributed by atoms with E-state index in [1.54, 1.807) is 0 Å². The minimum atomic E-state index is -1.03. The van der Waals surface area contributed by atoms with Gasteiger partial charge in [-0.25, -0.2) is 4.79 Å². The van der Waals surface area contributed by atoms with Crippen molar-refractivity contribution in [3.63, 3.8) is 0 Å². The first kappa shape index (κ1) is 13.6. The average Bonchev–Trinajstić information content (AvgIpc) is 2.94. The molecule has 2 heterocycles. The van der Waals surface area contributed by atoms with E-state index >= 15 is 0 Å². The van der Waals surface area contributed by atoms with E-state index in [1.165, 1.54) is 0 Å². The molecule has 1 aromatic carbocycles. The first-order chi connectivity index (χ1) is 10.2. The van der Waals surface area contributed by atoms with Crippen molar-refractivity contribution < 1.29 is 14.4 Å². The fourth-order valence-corrected chi connectivity index (χ4v) is 2.59. The molecule has 3 rings (SSSR count). The summed E-state index contributed by atoms with van der Waals surface area (Å²) in [6.07, 6.45) is 1.65. The Bertz CT molecular complexity index is 631. The number of nitrogens with two attached hydrogens (primary N) is 1. The van der Waals surface area contributed by atoms with Gasteiger partial charge in [-0.3, -0.25) is 0 Å². The average molecular weight is 287 g/mol. The third-order valence-electron chi connectivity index (χ3n) is 3.76. The molecule has 1 saturated heterocycles. The normalized spacial score (nSPS) is 16.1. The summed E-state index contributed by atoms with van der Waals surface area (Å²) < 4.78 is 5.32. The third-order valence-corrected chi connectivity index (χ3v) is 3.76. The SMILES string of the molecule is NC1CCN(c2noc(-c3ccccc3)c2C(=O)O)CC1. The lowest BCUT2D eigenvalue weighted by molar-refractivity contribution is 0.0697. The van der Waals surface area contributed by atoms with Crippen molar-refractivity contribution in [2.75, 3.05) is 18.0 Å². The molecule has 1 aromatic heterocycles. The molecule has 0 saturated carbocycles. The summed E-state index contributed by atoms with van der Waals surface area (Å²) in [6, 6.07) is 9.33. The molecule has 6 nitrogen and oxygen atoms in total. The van der Waals surface area contributed by atoms with Gasteiger partial charge in [-0.2, -0.15) is 0 Å². The number of aromatic nitrogens is 1. The van der Waals surface area contributed by atoms with Crippen LogP contribution in [-0.4, -0.2) is 35.4 Å². The molecule has 21 heavy (non-hydrogen) atoms. The number of rotatable bonds is 3. The molecule has 110 valence electrons. The maximum absolute atomic E-state index is 11.6. The molecule has 1 aliphatic heterocycles. The highest BCUT2D eigenvalue weighted by molar-refractivity contribution is 5.99. The van der Waals surface area contributed by atoms with Gasteiger partial charge in [0.15, 0.2) is 17.1 Å². The molecule has 0 spiro atoms. The van der Waals surface area contributed by atoms with Crippen molar-refractivity contribution >= 4 is 11.8 Å². The Morgan fingerprint density at radius 3 is 2.57 bits per heavy atom. The van der Waals surface area contributed by atoms with Crippen molar-refractivity contribution in [3.05, 3.63) is 35.9 Å². The van der Waals surface area contributed by atoms with Gasteiger partial charge in [0.25, 0.3) is 0 Å². The van der Waals surface area contributed by atoms with Gasteiger partial charge in [-0.15, -0.1) is 0 Å². The van der Waals surface area contributed by atoms with Gasteiger partial charge < -0.3 is 20.3 Å². The van der Waals surface area contributed by atoms with Crippen LogP contribution >= 0.6 is 0 Å². The van der Waals surface area contributed by atoms with E-state index in [-0.39, 0.29) is 11.6 Å². The summed E-state index contributed by atoms with van der Waals surface area (Å²) in [5, 5.41) is 13.5. The molecule has 0 bridgehead atoms. The molecule has 1 aliphatic rings. The molecule has 0 amide bonds.